The fraction of sp³-hybridized carbons (Fsp3) is 0.462. The van der Waals surface area contributed by atoms with E-state index in [-0.39, 0.29) is 29.7 Å². The standard InChI is InChI=1S/C26H37N3O4S/c1-5-24(26(31)27-19-21(2)3)29(20-22-13-8-6-9-14-22)25(30)17-12-18-28(4)34(32,33)23-15-10-7-11-16-23/h6-11,13-16,21,24H,5,12,17-20H2,1-4H3,(H,27,31)/t24-/m0/s1. The van der Waals surface area contributed by atoms with Crippen LogP contribution in [0.3, 0.4) is 0 Å². The van der Waals surface area contributed by atoms with Crippen LogP contribution in [0.25, 0.3) is 0 Å². The molecule has 0 fully saturated rings. The molecule has 1 atom stereocenters. The van der Waals surface area contributed by atoms with Crippen molar-refractivity contribution in [2.75, 3.05) is 20.1 Å². The lowest BCUT2D eigenvalue weighted by molar-refractivity contribution is -0.141. The number of rotatable bonds is 13. The number of nitrogens with one attached hydrogen (secondary N) is 1. The van der Waals surface area contributed by atoms with Crippen molar-refractivity contribution in [2.24, 2.45) is 5.92 Å². The first-order chi connectivity index (χ1) is 16.2. The number of carbonyl (C=O) groups is 2. The van der Waals surface area contributed by atoms with E-state index in [2.05, 4.69) is 5.32 Å². The molecular weight excluding hydrogens is 450 g/mol. The molecule has 0 aliphatic heterocycles. The molecule has 0 bridgehead atoms. The van der Waals surface area contributed by atoms with E-state index in [1.165, 1.54) is 11.4 Å². The molecule has 0 aromatic heterocycles. The van der Waals surface area contributed by atoms with Gasteiger partial charge in [-0.25, -0.2) is 12.7 Å². The second-order valence-corrected chi connectivity index (χ2v) is 10.9. The maximum Gasteiger partial charge on any atom is 0.242 e. The molecule has 0 unspecified atom stereocenters. The average molecular weight is 488 g/mol. The number of amides is 2. The zero-order valence-corrected chi connectivity index (χ0v) is 21.4. The van der Waals surface area contributed by atoms with Gasteiger partial charge in [-0.15, -0.1) is 0 Å². The SMILES string of the molecule is CC[C@@H](C(=O)NCC(C)C)N(Cc1ccccc1)C(=O)CCCN(C)S(=O)(=O)c1ccccc1. The van der Waals surface area contributed by atoms with E-state index >= 15 is 0 Å². The van der Waals surface area contributed by atoms with E-state index < -0.39 is 16.1 Å². The molecule has 1 N–H and O–H groups in total. The molecule has 0 spiro atoms. The predicted octanol–water partition coefficient (Wildman–Crippen LogP) is 3.67. The number of sulfonamides is 1. The van der Waals surface area contributed by atoms with Gasteiger partial charge in [0.15, 0.2) is 0 Å². The second-order valence-electron chi connectivity index (χ2n) is 8.81. The fourth-order valence-corrected chi connectivity index (χ4v) is 4.84. The van der Waals surface area contributed by atoms with Gasteiger partial charge in [0.05, 0.1) is 4.90 Å². The molecule has 2 amide bonds. The Kier molecular flexibility index (Phi) is 10.7. The third-order valence-electron chi connectivity index (χ3n) is 5.58. The Morgan fingerprint density at radius 2 is 1.56 bits per heavy atom. The molecule has 0 radical (unpaired) electrons. The summed E-state index contributed by atoms with van der Waals surface area (Å²) in [6, 6.07) is 17.2. The van der Waals surface area contributed by atoms with E-state index in [1.54, 1.807) is 35.2 Å². The summed E-state index contributed by atoms with van der Waals surface area (Å²) in [4.78, 5) is 28.0. The molecule has 8 heteroatoms. The van der Waals surface area contributed by atoms with Crippen LogP contribution < -0.4 is 5.32 Å². The van der Waals surface area contributed by atoms with Gasteiger partial charge in [-0.3, -0.25) is 9.59 Å². The lowest BCUT2D eigenvalue weighted by Gasteiger charge is -2.31. The summed E-state index contributed by atoms with van der Waals surface area (Å²) in [5, 5.41) is 2.95. The number of nitrogens with zero attached hydrogens (tertiary/aromatic N) is 2. The monoisotopic (exact) mass is 487 g/mol. The Labute approximate surface area is 204 Å². The summed E-state index contributed by atoms with van der Waals surface area (Å²) < 4.78 is 26.7. The summed E-state index contributed by atoms with van der Waals surface area (Å²) in [5.41, 5.74) is 0.940. The summed E-state index contributed by atoms with van der Waals surface area (Å²) in [5.74, 6) is -0.0213. The molecule has 0 saturated carbocycles. The molecule has 0 saturated heterocycles. The van der Waals surface area contributed by atoms with Gasteiger partial charge in [0, 0.05) is 33.1 Å². The highest BCUT2D eigenvalue weighted by molar-refractivity contribution is 7.89. The van der Waals surface area contributed by atoms with Crippen LogP contribution in [-0.4, -0.2) is 55.6 Å². The van der Waals surface area contributed by atoms with E-state index in [4.69, 9.17) is 0 Å². The molecular formula is C26H37N3O4S. The van der Waals surface area contributed by atoms with Crippen molar-refractivity contribution in [3.8, 4) is 0 Å². The van der Waals surface area contributed by atoms with Crippen LogP contribution in [0.15, 0.2) is 65.6 Å². The molecule has 0 aliphatic rings. The van der Waals surface area contributed by atoms with Crippen LogP contribution in [0, 0.1) is 5.92 Å². The van der Waals surface area contributed by atoms with Crippen LogP contribution in [0.2, 0.25) is 0 Å². The Morgan fingerprint density at radius 3 is 2.12 bits per heavy atom. The maximum atomic E-state index is 13.3. The third-order valence-corrected chi connectivity index (χ3v) is 7.45. The fourth-order valence-electron chi connectivity index (χ4n) is 3.61. The largest absolute Gasteiger partial charge is 0.354 e. The summed E-state index contributed by atoms with van der Waals surface area (Å²) in [7, 11) is -2.09. The van der Waals surface area contributed by atoms with Crippen molar-refractivity contribution in [3.05, 3.63) is 66.2 Å². The van der Waals surface area contributed by atoms with Gasteiger partial charge in [0.2, 0.25) is 21.8 Å². The molecule has 0 heterocycles. The Morgan fingerprint density at radius 1 is 0.971 bits per heavy atom. The quantitative estimate of drug-likeness (QED) is 0.467. The normalized spacial score (nSPS) is 12.5. The van der Waals surface area contributed by atoms with Gasteiger partial charge in [-0.1, -0.05) is 69.3 Å². The van der Waals surface area contributed by atoms with Gasteiger partial charge in [0.25, 0.3) is 0 Å². The smallest absolute Gasteiger partial charge is 0.242 e. The predicted molar refractivity (Wildman–Crippen MR) is 134 cm³/mol. The van der Waals surface area contributed by atoms with Crippen molar-refractivity contribution in [1.82, 2.24) is 14.5 Å². The zero-order valence-electron chi connectivity index (χ0n) is 20.6. The minimum atomic E-state index is -3.61. The molecule has 186 valence electrons. The first-order valence-corrected chi connectivity index (χ1v) is 13.2. The Hall–Kier alpha value is -2.71. The highest BCUT2D eigenvalue weighted by Crippen LogP contribution is 2.17. The molecule has 2 aromatic carbocycles. The van der Waals surface area contributed by atoms with Crippen LogP contribution in [0.4, 0.5) is 0 Å². The van der Waals surface area contributed by atoms with Crippen molar-refractivity contribution in [1.29, 1.82) is 0 Å². The van der Waals surface area contributed by atoms with E-state index in [0.717, 1.165) is 5.56 Å². The molecule has 34 heavy (non-hydrogen) atoms. The van der Waals surface area contributed by atoms with E-state index in [0.29, 0.717) is 31.8 Å². The topological polar surface area (TPSA) is 86.8 Å². The van der Waals surface area contributed by atoms with Crippen molar-refractivity contribution < 1.29 is 18.0 Å². The maximum absolute atomic E-state index is 13.3. The number of carbonyl (C=O) groups excluding carboxylic acids is 2. The number of benzene rings is 2. The van der Waals surface area contributed by atoms with Crippen molar-refractivity contribution >= 4 is 21.8 Å². The highest BCUT2D eigenvalue weighted by atomic mass is 32.2. The van der Waals surface area contributed by atoms with Crippen LogP contribution in [0.1, 0.15) is 45.6 Å². The molecule has 0 aliphatic carbocycles. The summed E-state index contributed by atoms with van der Waals surface area (Å²) in [6.45, 7) is 7.02. The minimum Gasteiger partial charge on any atom is -0.354 e. The van der Waals surface area contributed by atoms with Crippen molar-refractivity contribution in [2.45, 2.75) is 57.5 Å². The van der Waals surface area contributed by atoms with Gasteiger partial charge >= 0.3 is 0 Å². The lowest BCUT2D eigenvalue weighted by atomic mass is 10.1. The van der Waals surface area contributed by atoms with Crippen LogP contribution >= 0.6 is 0 Å². The number of hydrogen-bond donors (Lipinski definition) is 1. The lowest BCUT2D eigenvalue weighted by Crippen LogP contribution is -2.49. The number of hydrogen-bond acceptors (Lipinski definition) is 4. The van der Waals surface area contributed by atoms with Crippen LogP contribution in [-0.2, 0) is 26.2 Å². The van der Waals surface area contributed by atoms with Gasteiger partial charge in [0.1, 0.15) is 6.04 Å². The first-order valence-electron chi connectivity index (χ1n) is 11.8. The second kappa shape index (κ2) is 13.2. The Bertz CT molecular complexity index is 1010. The summed E-state index contributed by atoms with van der Waals surface area (Å²) >= 11 is 0. The van der Waals surface area contributed by atoms with Gasteiger partial charge in [-0.2, -0.15) is 0 Å². The van der Waals surface area contributed by atoms with Crippen LogP contribution in [0.5, 0.6) is 0 Å². The molecule has 2 rings (SSSR count). The van der Waals surface area contributed by atoms with Crippen molar-refractivity contribution in [3.63, 3.8) is 0 Å². The first kappa shape index (κ1) is 27.5. The van der Waals surface area contributed by atoms with E-state index in [9.17, 15) is 18.0 Å². The highest BCUT2D eigenvalue weighted by Gasteiger charge is 2.29. The Balaban J connectivity index is 2.09. The van der Waals surface area contributed by atoms with Gasteiger partial charge in [-0.05, 0) is 36.5 Å². The third kappa shape index (κ3) is 7.95. The molecule has 2 aromatic rings. The molecule has 7 nitrogen and oxygen atoms in total. The average Bonchev–Trinajstić information content (AvgIpc) is 2.83. The summed E-state index contributed by atoms with van der Waals surface area (Å²) in [6.07, 6.45) is 0.997. The zero-order chi connectivity index (χ0) is 25.1. The van der Waals surface area contributed by atoms with E-state index in [1.807, 2.05) is 51.1 Å². The van der Waals surface area contributed by atoms with Gasteiger partial charge < -0.3 is 10.2 Å². The minimum absolute atomic E-state index is 0.148.